The first-order valence-corrected chi connectivity index (χ1v) is 10.3. The quantitative estimate of drug-likeness (QED) is 0.790. The molecule has 2 aromatic heterocycles. The summed E-state index contributed by atoms with van der Waals surface area (Å²) in [6, 6.07) is 0.337. The van der Waals surface area contributed by atoms with E-state index in [1.807, 2.05) is 4.68 Å². The molecule has 4 rings (SSSR count). The van der Waals surface area contributed by atoms with Crippen molar-refractivity contribution in [1.82, 2.24) is 30.6 Å². The molecule has 2 N–H and O–H groups in total. The maximum absolute atomic E-state index is 12.3. The standard InChI is InChI=1S/C17H25N7OS/c25-16(15-11-24(22-21-15)14-4-6-18-7-5-14)19-8-3-13-12-26-17(20-13)23-9-1-2-10-23/h11-12,14,18H,1-10H2,(H,19,25). The molecule has 0 unspecified atom stereocenters. The van der Waals surface area contributed by atoms with E-state index >= 15 is 0 Å². The Bertz CT molecular complexity index is 731. The van der Waals surface area contributed by atoms with Crippen LogP contribution in [0, 0.1) is 0 Å². The van der Waals surface area contributed by atoms with E-state index in [0.29, 0.717) is 18.3 Å². The number of hydrogen-bond acceptors (Lipinski definition) is 7. The van der Waals surface area contributed by atoms with Gasteiger partial charge in [-0.3, -0.25) is 4.79 Å². The van der Waals surface area contributed by atoms with Gasteiger partial charge in [0.05, 0.1) is 17.9 Å². The van der Waals surface area contributed by atoms with E-state index in [-0.39, 0.29) is 5.91 Å². The molecule has 0 aromatic carbocycles. The van der Waals surface area contributed by atoms with E-state index in [4.69, 9.17) is 0 Å². The smallest absolute Gasteiger partial charge is 0.273 e. The monoisotopic (exact) mass is 375 g/mol. The van der Waals surface area contributed by atoms with Crippen molar-refractivity contribution in [3.63, 3.8) is 0 Å². The van der Waals surface area contributed by atoms with Crippen LogP contribution in [0.3, 0.4) is 0 Å². The third kappa shape index (κ3) is 4.04. The number of carbonyl (C=O) groups is 1. The van der Waals surface area contributed by atoms with Crippen LogP contribution >= 0.6 is 11.3 Å². The Labute approximate surface area is 157 Å². The van der Waals surface area contributed by atoms with Gasteiger partial charge in [0.1, 0.15) is 0 Å². The van der Waals surface area contributed by atoms with E-state index in [1.165, 1.54) is 12.8 Å². The van der Waals surface area contributed by atoms with Crippen LogP contribution in [-0.4, -0.2) is 58.6 Å². The van der Waals surface area contributed by atoms with E-state index in [1.54, 1.807) is 17.5 Å². The predicted molar refractivity (Wildman–Crippen MR) is 101 cm³/mol. The molecule has 2 aliphatic rings. The summed E-state index contributed by atoms with van der Waals surface area (Å²) >= 11 is 1.69. The molecule has 0 aliphatic carbocycles. The third-order valence-corrected chi connectivity index (χ3v) is 5.96. The van der Waals surface area contributed by atoms with Crippen LogP contribution in [0.15, 0.2) is 11.6 Å². The van der Waals surface area contributed by atoms with Crippen molar-refractivity contribution < 1.29 is 4.79 Å². The summed E-state index contributed by atoms with van der Waals surface area (Å²) in [6.07, 6.45) is 7.05. The molecule has 9 heteroatoms. The summed E-state index contributed by atoms with van der Waals surface area (Å²) in [7, 11) is 0. The first kappa shape index (κ1) is 17.4. The second-order valence-electron chi connectivity index (χ2n) is 6.89. The lowest BCUT2D eigenvalue weighted by molar-refractivity contribution is 0.0949. The predicted octanol–water partition coefficient (Wildman–Crippen LogP) is 1.23. The largest absolute Gasteiger partial charge is 0.350 e. The number of carbonyl (C=O) groups excluding carboxylic acids is 1. The van der Waals surface area contributed by atoms with Gasteiger partial charge >= 0.3 is 0 Å². The summed E-state index contributed by atoms with van der Waals surface area (Å²) in [5, 5.41) is 17.6. The van der Waals surface area contributed by atoms with E-state index < -0.39 is 0 Å². The number of nitrogens with one attached hydrogen (secondary N) is 2. The van der Waals surface area contributed by atoms with Crippen molar-refractivity contribution in [3.05, 3.63) is 23.0 Å². The summed E-state index contributed by atoms with van der Waals surface area (Å²) in [4.78, 5) is 19.3. The lowest BCUT2D eigenvalue weighted by atomic mass is 10.1. The summed E-state index contributed by atoms with van der Waals surface area (Å²) in [5.74, 6) is -0.166. The molecule has 140 valence electrons. The molecule has 1 amide bonds. The summed E-state index contributed by atoms with van der Waals surface area (Å²) in [6.45, 7) is 4.74. The zero-order valence-corrected chi connectivity index (χ0v) is 15.7. The summed E-state index contributed by atoms with van der Waals surface area (Å²) < 4.78 is 1.83. The highest BCUT2D eigenvalue weighted by Crippen LogP contribution is 2.24. The van der Waals surface area contributed by atoms with Crippen LogP contribution in [0.4, 0.5) is 5.13 Å². The fourth-order valence-electron chi connectivity index (χ4n) is 3.49. The Hall–Kier alpha value is -2.00. The molecular weight excluding hydrogens is 350 g/mol. The van der Waals surface area contributed by atoms with Gasteiger partial charge in [0.25, 0.3) is 5.91 Å². The SMILES string of the molecule is O=C(NCCc1csc(N2CCCC2)n1)c1cn(C2CCNCC2)nn1. The molecule has 0 bridgehead atoms. The number of amides is 1. The average Bonchev–Trinajstić information content (AvgIpc) is 3.42. The highest BCUT2D eigenvalue weighted by Gasteiger charge is 2.19. The molecule has 0 atom stereocenters. The van der Waals surface area contributed by atoms with E-state index in [2.05, 4.69) is 36.2 Å². The molecule has 0 saturated carbocycles. The van der Waals surface area contributed by atoms with Crippen LogP contribution in [0.5, 0.6) is 0 Å². The Morgan fingerprint density at radius 1 is 1.31 bits per heavy atom. The van der Waals surface area contributed by atoms with Crippen molar-refractivity contribution >= 4 is 22.4 Å². The van der Waals surface area contributed by atoms with E-state index in [9.17, 15) is 4.79 Å². The van der Waals surface area contributed by atoms with Gasteiger partial charge in [0, 0.05) is 31.4 Å². The fourth-order valence-corrected chi connectivity index (χ4v) is 4.40. The lowest BCUT2D eigenvalue weighted by Crippen LogP contribution is -2.29. The lowest BCUT2D eigenvalue weighted by Gasteiger charge is -2.22. The van der Waals surface area contributed by atoms with Gasteiger partial charge in [-0.25, -0.2) is 9.67 Å². The number of anilines is 1. The molecular formula is C17H25N7OS. The fraction of sp³-hybridized carbons (Fsp3) is 0.647. The zero-order valence-electron chi connectivity index (χ0n) is 14.9. The maximum atomic E-state index is 12.3. The van der Waals surface area contributed by atoms with Gasteiger partial charge in [0.2, 0.25) is 0 Å². The van der Waals surface area contributed by atoms with Gasteiger partial charge in [-0.2, -0.15) is 0 Å². The third-order valence-electron chi connectivity index (χ3n) is 5.01. The number of hydrogen-bond donors (Lipinski definition) is 2. The minimum atomic E-state index is -0.166. The Morgan fingerprint density at radius 3 is 2.92 bits per heavy atom. The minimum Gasteiger partial charge on any atom is -0.350 e. The maximum Gasteiger partial charge on any atom is 0.273 e. The van der Waals surface area contributed by atoms with Gasteiger partial charge in [-0.15, -0.1) is 16.4 Å². The molecule has 8 nitrogen and oxygen atoms in total. The number of thiazole rings is 1. The average molecular weight is 376 g/mol. The molecule has 2 aromatic rings. The second-order valence-corrected chi connectivity index (χ2v) is 7.72. The normalized spacial score (nSPS) is 18.4. The zero-order chi connectivity index (χ0) is 17.8. The Morgan fingerprint density at radius 2 is 2.12 bits per heavy atom. The molecule has 26 heavy (non-hydrogen) atoms. The number of piperidine rings is 1. The van der Waals surface area contributed by atoms with Crippen LogP contribution in [0.2, 0.25) is 0 Å². The van der Waals surface area contributed by atoms with Gasteiger partial charge in [-0.1, -0.05) is 5.21 Å². The first-order chi connectivity index (χ1) is 12.8. The molecule has 2 fully saturated rings. The molecule has 0 radical (unpaired) electrons. The molecule has 4 heterocycles. The van der Waals surface area contributed by atoms with Crippen molar-refractivity contribution in [2.45, 2.75) is 38.1 Å². The van der Waals surface area contributed by atoms with Gasteiger partial charge < -0.3 is 15.5 Å². The van der Waals surface area contributed by atoms with Crippen molar-refractivity contribution in [2.75, 3.05) is 37.6 Å². The number of nitrogens with zero attached hydrogens (tertiary/aromatic N) is 5. The number of aromatic nitrogens is 4. The van der Waals surface area contributed by atoms with Crippen LogP contribution < -0.4 is 15.5 Å². The van der Waals surface area contributed by atoms with Crippen molar-refractivity contribution in [1.29, 1.82) is 0 Å². The highest BCUT2D eigenvalue weighted by atomic mass is 32.1. The second kappa shape index (κ2) is 8.13. The molecule has 2 saturated heterocycles. The molecule has 2 aliphatic heterocycles. The highest BCUT2D eigenvalue weighted by molar-refractivity contribution is 7.13. The van der Waals surface area contributed by atoms with Crippen LogP contribution in [-0.2, 0) is 6.42 Å². The first-order valence-electron chi connectivity index (χ1n) is 9.40. The van der Waals surface area contributed by atoms with Gasteiger partial charge in [-0.05, 0) is 38.8 Å². The summed E-state index contributed by atoms with van der Waals surface area (Å²) in [5.41, 5.74) is 1.43. The molecule has 0 spiro atoms. The number of rotatable bonds is 6. The van der Waals surface area contributed by atoms with Crippen LogP contribution in [0.25, 0.3) is 0 Å². The van der Waals surface area contributed by atoms with Crippen molar-refractivity contribution in [3.8, 4) is 0 Å². The minimum absolute atomic E-state index is 0.166. The Balaban J connectivity index is 1.25. The van der Waals surface area contributed by atoms with E-state index in [0.717, 1.165) is 56.3 Å². The van der Waals surface area contributed by atoms with Crippen molar-refractivity contribution in [2.24, 2.45) is 0 Å². The van der Waals surface area contributed by atoms with Crippen LogP contribution in [0.1, 0.15) is 47.9 Å². The van der Waals surface area contributed by atoms with Gasteiger partial charge in [0.15, 0.2) is 10.8 Å². The topological polar surface area (TPSA) is 88.0 Å². The Kier molecular flexibility index (Phi) is 5.45.